The molecule has 0 saturated heterocycles. The lowest BCUT2D eigenvalue weighted by molar-refractivity contribution is 0.862. The molecule has 0 atom stereocenters. The van der Waals surface area contributed by atoms with Crippen LogP contribution in [-0.4, -0.2) is 33.1 Å². The molecule has 5 rings (SSSR count). The molecule has 0 bridgehead atoms. The van der Waals surface area contributed by atoms with Crippen molar-refractivity contribution >= 4 is 34.6 Å². The summed E-state index contributed by atoms with van der Waals surface area (Å²) in [5, 5.41) is 13.5. The summed E-state index contributed by atoms with van der Waals surface area (Å²) >= 11 is 4.35. The van der Waals surface area contributed by atoms with Crippen molar-refractivity contribution in [2.75, 3.05) is 0 Å². The zero-order valence-electron chi connectivity index (χ0n) is 12.5. The Kier molecular flexibility index (Phi) is 3.51. The SMILES string of the molecule is c1cc(-c2ccn(-c3cc(-c4sncc4-c4cnsc4)sn3)n2)[nH]n1. The van der Waals surface area contributed by atoms with Crippen LogP contribution in [-0.2, 0) is 0 Å². The predicted octanol–water partition coefficient (Wildman–Crippen LogP) is 3.97. The maximum atomic E-state index is 4.56. The zero-order valence-corrected chi connectivity index (χ0v) is 15.0. The van der Waals surface area contributed by atoms with E-state index in [1.807, 2.05) is 42.2 Å². The van der Waals surface area contributed by atoms with E-state index in [0.717, 1.165) is 38.1 Å². The Morgan fingerprint density at radius 2 is 2.08 bits per heavy atom. The third-order valence-electron chi connectivity index (χ3n) is 3.64. The second kappa shape index (κ2) is 5.99. The molecule has 5 aromatic rings. The normalized spacial score (nSPS) is 11.2. The second-order valence-electron chi connectivity index (χ2n) is 5.15. The van der Waals surface area contributed by atoms with Gasteiger partial charge in [0.15, 0.2) is 5.82 Å². The molecule has 0 aliphatic carbocycles. The Morgan fingerprint density at radius 1 is 1.08 bits per heavy atom. The molecule has 5 aromatic heterocycles. The molecule has 0 spiro atoms. The van der Waals surface area contributed by atoms with E-state index in [9.17, 15) is 0 Å². The second-order valence-corrected chi connectivity index (χ2v) is 7.41. The summed E-state index contributed by atoms with van der Waals surface area (Å²) < 4.78 is 14.8. The summed E-state index contributed by atoms with van der Waals surface area (Å²) in [5.74, 6) is 0.786. The van der Waals surface area contributed by atoms with Crippen molar-refractivity contribution in [1.29, 1.82) is 0 Å². The van der Waals surface area contributed by atoms with Crippen molar-refractivity contribution in [3.05, 3.63) is 48.4 Å². The van der Waals surface area contributed by atoms with Gasteiger partial charge in [-0.15, -0.1) is 0 Å². The van der Waals surface area contributed by atoms with Gasteiger partial charge in [-0.2, -0.15) is 18.9 Å². The van der Waals surface area contributed by atoms with E-state index in [-0.39, 0.29) is 0 Å². The Bertz CT molecular complexity index is 1100. The highest BCUT2D eigenvalue weighted by Crippen LogP contribution is 2.38. The number of hydrogen-bond donors (Lipinski definition) is 1. The van der Waals surface area contributed by atoms with E-state index in [1.165, 1.54) is 34.6 Å². The molecule has 5 heterocycles. The number of aromatic nitrogens is 7. The van der Waals surface area contributed by atoms with Crippen LogP contribution >= 0.6 is 34.6 Å². The Balaban J connectivity index is 1.50. The molecule has 0 aromatic carbocycles. The van der Waals surface area contributed by atoms with Crippen molar-refractivity contribution in [2.24, 2.45) is 0 Å². The maximum absolute atomic E-state index is 4.56. The minimum atomic E-state index is 0.786. The van der Waals surface area contributed by atoms with E-state index in [4.69, 9.17) is 0 Å². The van der Waals surface area contributed by atoms with E-state index in [2.05, 4.69) is 28.4 Å². The lowest BCUT2D eigenvalue weighted by atomic mass is 10.1. The zero-order chi connectivity index (χ0) is 16.6. The van der Waals surface area contributed by atoms with Gasteiger partial charge in [-0.3, -0.25) is 5.10 Å². The van der Waals surface area contributed by atoms with Crippen LogP contribution < -0.4 is 0 Å². The summed E-state index contributed by atoms with van der Waals surface area (Å²) in [6, 6.07) is 5.85. The summed E-state index contributed by atoms with van der Waals surface area (Å²) in [5.41, 5.74) is 3.88. The highest BCUT2D eigenvalue weighted by molar-refractivity contribution is 7.17. The summed E-state index contributed by atoms with van der Waals surface area (Å²) in [6.07, 6.45) is 7.35. The quantitative estimate of drug-likeness (QED) is 0.508. The fraction of sp³-hybridized carbons (Fsp3) is 0. The van der Waals surface area contributed by atoms with Crippen LogP contribution in [0, 0.1) is 0 Å². The van der Waals surface area contributed by atoms with Crippen LogP contribution in [0.25, 0.3) is 38.1 Å². The van der Waals surface area contributed by atoms with Crippen LogP contribution in [0.2, 0.25) is 0 Å². The monoisotopic (exact) mass is 383 g/mol. The largest absolute Gasteiger partial charge is 0.276 e. The highest BCUT2D eigenvalue weighted by atomic mass is 32.1. The smallest absolute Gasteiger partial charge is 0.167 e. The molecule has 0 aliphatic heterocycles. The van der Waals surface area contributed by atoms with Gasteiger partial charge in [0.05, 0.1) is 15.4 Å². The van der Waals surface area contributed by atoms with Crippen molar-refractivity contribution in [3.8, 4) is 38.1 Å². The molecule has 122 valence electrons. The van der Waals surface area contributed by atoms with Gasteiger partial charge in [0, 0.05) is 47.4 Å². The molecule has 0 saturated carbocycles. The van der Waals surface area contributed by atoms with Crippen LogP contribution in [0.3, 0.4) is 0 Å². The number of rotatable bonds is 4. The first-order valence-corrected chi connectivity index (χ1v) is 9.64. The maximum Gasteiger partial charge on any atom is 0.167 e. The van der Waals surface area contributed by atoms with Crippen molar-refractivity contribution in [1.82, 2.24) is 33.1 Å². The average Bonchev–Trinajstić information content (AvgIpc) is 3.48. The molecular weight excluding hydrogens is 374 g/mol. The van der Waals surface area contributed by atoms with Gasteiger partial charge in [0.2, 0.25) is 0 Å². The number of nitrogens with one attached hydrogen (secondary N) is 1. The third-order valence-corrected chi connectivity index (χ3v) is 5.98. The first kappa shape index (κ1) is 14.6. The van der Waals surface area contributed by atoms with E-state index >= 15 is 0 Å². The van der Waals surface area contributed by atoms with Crippen LogP contribution in [0.5, 0.6) is 0 Å². The van der Waals surface area contributed by atoms with Gasteiger partial charge in [-0.25, -0.2) is 9.06 Å². The van der Waals surface area contributed by atoms with E-state index in [1.54, 1.807) is 10.9 Å². The van der Waals surface area contributed by atoms with Crippen molar-refractivity contribution < 1.29 is 0 Å². The van der Waals surface area contributed by atoms with Crippen LogP contribution in [0.15, 0.2) is 48.4 Å². The van der Waals surface area contributed by atoms with Crippen molar-refractivity contribution in [2.45, 2.75) is 0 Å². The van der Waals surface area contributed by atoms with E-state index < -0.39 is 0 Å². The molecule has 0 fully saturated rings. The highest BCUT2D eigenvalue weighted by Gasteiger charge is 2.15. The number of hydrogen-bond acceptors (Lipinski definition) is 8. The molecule has 0 amide bonds. The lowest BCUT2D eigenvalue weighted by Gasteiger charge is -1.96. The van der Waals surface area contributed by atoms with Gasteiger partial charge < -0.3 is 0 Å². The average molecular weight is 383 g/mol. The Morgan fingerprint density at radius 3 is 2.92 bits per heavy atom. The molecular formula is C15H9N7S3. The molecule has 0 aliphatic rings. The standard InChI is InChI=1S/C15H9N7S3/c1-3-16-19-11(1)12-2-4-22(20-12)14-5-13(24-21-14)15-10(7-18-25-15)9-6-17-23-8-9/h1-8H,(H,16,19). The number of aromatic amines is 1. The van der Waals surface area contributed by atoms with Gasteiger partial charge in [0.1, 0.15) is 5.69 Å². The topological polar surface area (TPSA) is 85.2 Å². The molecule has 1 N–H and O–H groups in total. The minimum Gasteiger partial charge on any atom is -0.276 e. The summed E-state index contributed by atoms with van der Waals surface area (Å²) in [6.45, 7) is 0. The molecule has 25 heavy (non-hydrogen) atoms. The fourth-order valence-electron chi connectivity index (χ4n) is 2.44. The van der Waals surface area contributed by atoms with Gasteiger partial charge >= 0.3 is 0 Å². The van der Waals surface area contributed by atoms with Gasteiger partial charge in [-0.1, -0.05) is 0 Å². The fourth-order valence-corrected chi connectivity index (χ4v) is 4.56. The number of H-pyrrole nitrogens is 1. The van der Waals surface area contributed by atoms with E-state index in [0.29, 0.717) is 0 Å². The molecule has 10 heteroatoms. The Hall–Kier alpha value is -2.69. The first-order valence-electron chi connectivity index (χ1n) is 7.26. The lowest BCUT2D eigenvalue weighted by Crippen LogP contribution is -1.94. The summed E-state index contributed by atoms with van der Waals surface area (Å²) in [4.78, 5) is 2.17. The molecule has 0 radical (unpaired) electrons. The molecule has 0 unspecified atom stereocenters. The Labute approximate surface area is 154 Å². The third kappa shape index (κ3) is 2.60. The van der Waals surface area contributed by atoms with Crippen LogP contribution in [0.4, 0.5) is 0 Å². The van der Waals surface area contributed by atoms with Gasteiger partial charge in [0.25, 0.3) is 0 Å². The predicted molar refractivity (Wildman–Crippen MR) is 99.0 cm³/mol. The van der Waals surface area contributed by atoms with Gasteiger partial charge in [-0.05, 0) is 46.7 Å². The minimum absolute atomic E-state index is 0.786. The van der Waals surface area contributed by atoms with Crippen LogP contribution in [0.1, 0.15) is 0 Å². The number of nitrogens with zero attached hydrogens (tertiary/aromatic N) is 6. The summed E-state index contributed by atoms with van der Waals surface area (Å²) in [7, 11) is 0. The van der Waals surface area contributed by atoms with Crippen molar-refractivity contribution in [3.63, 3.8) is 0 Å². The molecule has 7 nitrogen and oxygen atoms in total. The first-order chi connectivity index (χ1) is 12.4.